The minimum Gasteiger partial charge on any atom is -0.396 e. The monoisotopic (exact) mass is 270 g/mol. The predicted octanol–water partition coefficient (Wildman–Crippen LogP) is 2.50. The van der Waals surface area contributed by atoms with Crippen molar-refractivity contribution in [3.8, 4) is 0 Å². The van der Waals surface area contributed by atoms with E-state index in [2.05, 4.69) is 4.99 Å². The van der Waals surface area contributed by atoms with Gasteiger partial charge in [0.05, 0.1) is 17.3 Å². The first-order chi connectivity index (χ1) is 9.60. The lowest BCUT2D eigenvalue weighted by Crippen LogP contribution is -2.32. The van der Waals surface area contributed by atoms with Crippen LogP contribution in [0.1, 0.15) is 34.3 Å². The van der Waals surface area contributed by atoms with Gasteiger partial charge in [0.2, 0.25) is 0 Å². The molecule has 0 unspecified atom stereocenters. The summed E-state index contributed by atoms with van der Waals surface area (Å²) in [6, 6.07) is 3.88. The molecule has 0 saturated carbocycles. The van der Waals surface area contributed by atoms with Crippen molar-refractivity contribution < 1.29 is 9.90 Å². The van der Waals surface area contributed by atoms with Gasteiger partial charge in [-0.25, -0.2) is 0 Å². The van der Waals surface area contributed by atoms with Gasteiger partial charge in [-0.05, 0) is 55.5 Å². The van der Waals surface area contributed by atoms with Crippen molar-refractivity contribution in [3.05, 3.63) is 40.6 Å². The Balaban J connectivity index is 2.02. The molecule has 0 spiro atoms. The average Bonchev–Trinajstić information content (AvgIpc) is 2.77. The van der Waals surface area contributed by atoms with Crippen molar-refractivity contribution in [1.29, 1.82) is 0 Å². The Kier molecular flexibility index (Phi) is 3.18. The average molecular weight is 270 g/mol. The third-order valence-corrected chi connectivity index (χ3v) is 4.05. The van der Waals surface area contributed by atoms with Gasteiger partial charge in [-0.3, -0.25) is 9.79 Å². The molecule has 0 aromatic heterocycles. The molecular formula is C16H18N2O2. The number of amides is 1. The van der Waals surface area contributed by atoms with Crippen molar-refractivity contribution in [2.45, 2.75) is 32.7 Å². The molecule has 3 rings (SSSR count). The minimum atomic E-state index is -0.0166. The largest absolute Gasteiger partial charge is 0.396 e. The third-order valence-electron chi connectivity index (χ3n) is 4.05. The molecule has 0 radical (unpaired) electrons. The number of aliphatic hydroxyl groups is 1. The molecule has 2 aliphatic heterocycles. The molecule has 4 heteroatoms. The summed E-state index contributed by atoms with van der Waals surface area (Å²) in [5.74, 6) is -0.00135. The zero-order valence-electron chi connectivity index (χ0n) is 11.8. The summed E-state index contributed by atoms with van der Waals surface area (Å²) in [5.41, 5.74) is 4.76. The Morgan fingerprint density at radius 1 is 1.35 bits per heavy atom. The van der Waals surface area contributed by atoms with Gasteiger partial charge < -0.3 is 10.0 Å². The van der Waals surface area contributed by atoms with Gasteiger partial charge in [0, 0.05) is 19.0 Å². The standard InChI is InChI=1S/C16H18N2O2/c1-10-5-14-15(6-11(10)2)17-8-13-7-12(3-4-19)9-18(13)16(14)20/h5-6,8-9,13,19H,3-4,7H2,1-2H3/t13-/m0/s1. The molecule has 1 aromatic carbocycles. The summed E-state index contributed by atoms with van der Waals surface area (Å²) < 4.78 is 0. The quantitative estimate of drug-likeness (QED) is 0.897. The van der Waals surface area contributed by atoms with E-state index in [1.165, 1.54) is 0 Å². The molecule has 1 N–H and O–H groups in total. The number of aliphatic imine (C=N–C) groups is 1. The molecule has 0 fully saturated rings. The van der Waals surface area contributed by atoms with Crippen molar-refractivity contribution in [2.75, 3.05) is 6.61 Å². The van der Waals surface area contributed by atoms with Crippen LogP contribution in [0.25, 0.3) is 0 Å². The molecule has 2 aliphatic rings. The molecule has 1 amide bonds. The highest BCUT2D eigenvalue weighted by molar-refractivity contribution is 6.03. The summed E-state index contributed by atoms with van der Waals surface area (Å²) in [4.78, 5) is 18.9. The summed E-state index contributed by atoms with van der Waals surface area (Å²) in [6.07, 6.45) is 5.11. The second-order valence-electron chi connectivity index (χ2n) is 5.48. The van der Waals surface area contributed by atoms with Gasteiger partial charge in [0.15, 0.2) is 0 Å². The zero-order chi connectivity index (χ0) is 14.3. The number of nitrogens with zero attached hydrogens (tertiary/aromatic N) is 2. The Bertz CT molecular complexity index is 632. The second kappa shape index (κ2) is 4.87. The molecule has 1 aromatic rings. The van der Waals surface area contributed by atoms with E-state index in [9.17, 15) is 4.79 Å². The van der Waals surface area contributed by atoms with E-state index < -0.39 is 0 Å². The van der Waals surface area contributed by atoms with Crippen LogP contribution < -0.4 is 0 Å². The summed E-state index contributed by atoms with van der Waals surface area (Å²) in [5, 5.41) is 9.03. The van der Waals surface area contributed by atoms with Crippen LogP contribution >= 0.6 is 0 Å². The fourth-order valence-corrected chi connectivity index (χ4v) is 2.74. The van der Waals surface area contributed by atoms with Gasteiger partial charge in [0.1, 0.15) is 0 Å². The number of hydrogen-bond acceptors (Lipinski definition) is 3. The van der Waals surface area contributed by atoms with Crippen LogP contribution in [-0.2, 0) is 0 Å². The number of rotatable bonds is 2. The van der Waals surface area contributed by atoms with Crippen LogP contribution in [0.3, 0.4) is 0 Å². The minimum absolute atomic E-state index is 0.00135. The number of carbonyl (C=O) groups is 1. The third kappa shape index (κ3) is 2.06. The van der Waals surface area contributed by atoms with Gasteiger partial charge in [-0.2, -0.15) is 0 Å². The van der Waals surface area contributed by atoms with Crippen molar-refractivity contribution >= 4 is 17.8 Å². The van der Waals surface area contributed by atoms with E-state index in [0.29, 0.717) is 12.0 Å². The number of fused-ring (bicyclic) bond motifs is 2. The lowest BCUT2D eigenvalue weighted by atomic mass is 10.0. The van der Waals surface area contributed by atoms with E-state index in [4.69, 9.17) is 5.11 Å². The van der Waals surface area contributed by atoms with Gasteiger partial charge in [0.25, 0.3) is 5.91 Å². The lowest BCUT2D eigenvalue weighted by Gasteiger charge is -2.18. The smallest absolute Gasteiger partial charge is 0.260 e. The molecular weight excluding hydrogens is 252 g/mol. The van der Waals surface area contributed by atoms with E-state index in [1.54, 1.807) is 4.90 Å². The Morgan fingerprint density at radius 3 is 2.85 bits per heavy atom. The summed E-state index contributed by atoms with van der Waals surface area (Å²) >= 11 is 0. The molecule has 4 nitrogen and oxygen atoms in total. The van der Waals surface area contributed by atoms with Gasteiger partial charge in [-0.1, -0.05) is 0 Å². The highest BCUT2D eigenvalue weighted by Crippen LogP contribution is 2.32. The molecule has 0 aliphatic carbocycles. The van der Waals surface area contributed by atoms with E-state index >= 15 is 0 Å². The topological polar surface area (TPSA) is 52.9 Å². The van der Waals surface area contributed by atoms with E-state index in [-0.39, 0.29) is 18.6 Å². The maximum Gasteiger partial charge on any atom is 0.260 e. The second-order valence-corrected chi connectivity index (χ2v) is 5.48. The molecule has 0 bridgehead atoms. The Hall–Kier alpha value is -1.94. The Labute approximate surface area is 118 Å². The van der Waals surface area contributed by atoms with Crippen LogP contribution in [0.5, 0.6) is 0 Å². The normalized spacial score (nSPS) is 20.6. The fourth-order valence-electron chi connectivity index (χ4n) is 2.74. The molecule has 0 saturated heterocycles. The first kappa shape index (κ1) is 13.1. The highest BCUT2D eigenvalue weighted by atomic mass is 16.3. The first-order valence-corrected chi connectivity index (χ1v) is 6.88. The first-order valence-electron chi connectivity index (χ1n) is 6.88. The molecule has 20 heavy (non-hydrogen) atoms. The van der Waals surface area contributed by atoms with E-state index in [0.717, 1.165) is 28.8 Å². The zero-order valence-corrected chi connectivity index (χ0v) is 11.8. The van der Waals surface area contributed by atoms with E-state index in [1.807, 2.05) is 38.4 Å². The van der Waals surface area contributed by atoms with Gasteiger partial charge in [-0.15, -0.1) is 0 Å². The highest BCUT2D eigenvalue weighted by Gasteiger charge is 2.31. The van der Waals surface area contributed by atoms with Crippen LogP contribution in [0, 0.1) is 13.8 Å². The maximum absolute atomic E-state index is 12.7. The number of hydrogen-bond donors (Lipinski definition) is 1. The number of carbonyl (C=O) groups excluding carboxylic acids is 1. The molecule has 1 atom stereocenters. The van der Waals surface area contributed by atoms with Gasteiger partial charge >= 0.3 is 0 Å². The van der Waals surface area contributed by atoms with Crippen LogP contribution in [-0.4, -0.2) is 34.8 Å². The number of aliphatic hydroxyl groups excluding tert-OH is 1. The van der Waals surface area contributed by atoms with Crippen molar-refractivity contribution in [1.82, 2.24) is 4.90 Å². The van der Waals surface area contributed by atoms with Crippen LogP contribution in [0.2, 0.25) is 0 Å². The number of benzene rings is 1. The SMILES string of the molecule is Cc1cc2c(cc1C)C(=O)N1C=C(CCO)C[C@H]1C=N2. The molecule has 2 heterocycles. The van der Waals surface area contributed by atoms with Crippen molar-refractivity contribution in [3.63, 3.8) is 0 Å². The number of aryl methyl sites for hydroxylation is 2. The fraction of sp³-hybridized carbons (Fsp3) is 0.375. The predicted molar refractivity (Wildman–Crippen MR) is 78.4 cm³/mol. The van der Waals surface area contributed by atoms with Crippen LogP contribution in [0.15, 0.2) is 28.9 Å². The van der Waals surface area contributed by atoms with Crippen LogP contribution in [0.4, 0.5) is 5.69 Å². The Morgan fingerprint density at radius 2 is 2.10 bits per heavy atom. The molecule has 104 valence electrons. The summed E-state index contributed by atoms with van der Waals surface area (Å²) in [6.45, 7) is 4.15. The maximum atomic E-state index is 12.7. The lowest BCUT2D eigenvalue weighted by molar-refractivity contribution is 0.0818. The summed E-state index contributed by atoms with van der Waals surface area (Å²) in [7, 11) is 0. The van der Waals surface area contributed by atoms with Crippen molar-refractivity contribution in [2.24, 2.45) is 4.99 Å².